The Morgan fingerprint density at radius 3 is 2.95 bits per heavy atom. The summed E-state index contributed by atoms with van der Waals surface area (Å²) in [5, 5.41) is 15.6. The lowest BCUT2D eigenvalue weighted by molar-refractivity contribution is -0.141. The molecule has 0 saturated carbocycles. The average molecular weight is 290 g/mol. The van der Waals surface area contributed by atoms with Gasteiger partial charge in [-0.05, 0) is 5.92 Å². The topological polar surface area (TPSA) is 93.5 Å². The molecule has 2 N–H and O–H groups in total. The molecule has 7 nitrogen and oxygen atoms in total. The smallest absolute Gasteiger partial charge is 0.327 e. The zero-order valence-electron chi connectivity index (χ0n) is 10.7. The molecule has 1 rings (SSSR count). The molecule has 0 bridgehead atoms. The largest absolute Gasteiger partial charge is 0.468 e. The third-order valence-electron chi connectivity index (χ3n) is 2.44. The van der Waals surface area contributed by atoms with Crippen LogP contribution < -0.4 is 10.9 Å². The lowest BCUT2D eigenvalue weighted by atomic mass is 10.2. The minimum Gasteiger partial charge on any atom is -0.468 e. The highest BCUT2D eigenvalue weighted by Gasteiger charge is 2.12. The maximum atomic E-state index is 11.8. The van der Waals surface area contributed by atoms with Crippen LogP contribution in [0.15, 0.2) is 11.0 Å². The van der Waals surface area contributed by atoms with Gasteiger partial charge in [-0.15, -0.1) is 0 Å². The quantitative estimate of drug-likeness (QED) is 0.722. The molecule has 0 saturated heterocycles. The second kappa shape index (κ2) is 7.10. The van der Waals surface area contributed by atoms with E-state index in [1.807, 2.05) is 6.92 Å². The van der Waals surface area contributed by atoms with Gasteiger partial charge in [0, 0.05) is 13.2 Å². The van der Waals surface area contributed by atoms with Crippen molar-refractivity contribution in [2.24, 2.45) is 5.92 Å². The fourth-order valence-corrected chi connectivity index (χ4v) is 1.45. The Balaban J connectivity index is 2.85. The third-order valence-corrected chi connectivity index (χ3v) is 2.81. The molecule has 8 heteroatoms. The number of nitrogens with one attached hydrogen (secondary N) is 1. The van der Waals surface area contributed by atoms with E-state index in [4.69, 9.17) is 16.7 Å². The van der Waals surface area contributed by atoms with Gasteiger partial charge in [-0.2, -0.15) is 5.10 Å². The van der Waals surface area contributed by atoms with E-state index in [0.717, 1.165) is 4.68 Å². The fraction of sp³-hybridized carbons (Fsp3) is 0.545. The zero-order valence-corrected chi connectivity index (χ0v) is 11.5. The second-order valence-electron chi connectivity index (χ2n) is 4.08. The summed E-state index contributed by atoms with van der Waals surface area (Å²) in [7, 11) is 1.22. The lowest BCUT2D eigenvalue weighted by Crippen LogP contribution is -2.28. The molecule has 0 radical (unpaired) electrons. The van der Waals surface area contributed by atoms with Gasteiger partial charge in [0.1, 0.15) is 11.6 Å². The number of carbonyl (C=O) groups is 1. The van der Waals surface area contributed by atoms with Gasteiger partial charge in [0.15, 0.2) is 0 Å². The number of esters is 1. The zero-order chi connectivity index (χ0) is 14.4. The number of methoxy groups -OCH3 is 1. The van der Waals surface area contributed by atoms with E-state index >= 15 is 0 Å². The number of ether oxygens (including phenoxy) is 1. The molecule has 106 valence electrons. The van der Waals surface area contributed by atoms with Crippen molar-refractivity contribution in [3.05, 3.63) is 21.6 Å². The van der Waals surface area contributed by atoms with Gasteiger partial charge in [0.2, 0.25) is 0 Å². The van der Waals surface area contributed by atoms with Crippen LogP contribution in [0.4, 0.5) is 5.69 Å². The summed E-state index contributed by atoms with van der Waals surface area (Å²) in [6.45, 7) is 2.03. The number of aromatic nitrogens is 2. The van der Waals surface area contributed by atoms with E-state index in [-0.39, 0.29) is 24.1 Å². The van der Waals surface area contributed by atoms with Crippen LogP contribution in [0.1, 0.15) is 6.92 Å². The molecule has 1 aromatic rings. The van der Waals surface area contributed by atoms with Crippen LogP contribution in [0.5, 0.6) is 0 Å². The molecule has 1 aromatic heterocycles. The standard InChI is InChI=1S/C11H16ClN3O4/c1-7(6-16)3-13-8-4-14-15(5-9(17)19-2)11(18)10(8)12/h4,7,13,16H,3,5-6H2,1-2H3. The summed E-state index contributed by atoms with van der Waals surface area (Å²) in [5.74, 6) is -0.561. The molecule has 0 aromatic carbocycles. The molecule has 1 heterocycles. The van der Waals surface area contributed by atoms with E-state index in [1.165, 1.54) is 13.3 Å². The molecule has 0 spiro atoms. The van der Waals surface area contributed by atoms with E-state index in [0.29, 0.717) is 12.2 Å². The second-order valence-corrected chi connectivity index (χ2v) is 4.46. The summed E-state index contributed by atoms with van der Waals surface area (Å²) >= 11 is 5.90. The van der Waals surface area contributed by atoms with Crippen LogP contribution in [0.3, 0.4) is 0 Å². The van der Waals surface area contributed by atoms with Crippen molar-refractivity contribution in [2.45, 2.75) is 13.5 Å². The van der Waals surface area contributed by atoms with Gasteiger partial charge in [0.25, 0.3) is 5.56 Å². The van der Waals surface area contributed by atoms with Crippen LogP contribution in [0.25, 0.3) is 0 Å². The summed E-state index contributed by atoms with van der Waals surface area (Å²) < 4.78 is 5.37. The summed E-state index contributed by atoms with van der Waals surface area (Å²) in [4.78, 5) is 22.9. The SMILES string of the molecule is COC(=O)Cn1ncc(NCC(C)CO)c(Cl)c1=O. The van der Waals surface area contributed by atoms with E-state index in [1.54, 1.807) is 0 Å². The molecular formula is C11H16ClN3O4. The maximum Gasteiger partial charge on any atom is 0.327 e. The number of rotatable bonds is 6. The van der Waals surface area contributed by atoms with E-state index < -0.39 is 11.5 Å². The molecule has 0 fully saturated rings. The van der Waals surface area contributed by atoms with Crippen LogP contribution in [-0.4, -0.2) is 41.1 Å². The number of aliphatic hydroxyl groups excluding tert-OH is 1. The fourth-order valence-electron chi connectivity index (χ4n) is 1.24. The van der Waals surface area contributed by atoms with Crippen molar-refractivity contribution in [3.8, 4) is 0 Å². The molecular weight excluding hydrogens is 274 g/mol. The number of hydrogen-bond acceptors (Lipinski definition) is 6. The Morgan fingerprint density at radius 2 is 2.37 bits per heavy atom. The monoisotopic (exact) mass is 289 g/mol. The Hall–Kier alpha value is -1.60. The van der Waals surface area contributed by atoms with Gasteiger partial charge in [0.05, 0.1) is 19.0 Å². The van der Waals surface area contributed by atoms with Crippen molar-refractivity contribution in [1.82, 2.24) is 9.78 Å². The Bertz CT molecular complexity index is 503. The molecule has 1 unspecified atom stereocenters. The Morgan fingerprint density at radius 1 is 1.68 bits per heavy atom. The van der Waals surface area contributed by atoms with Gasteiger partial charge >= 0.3 is 5.97 Å². The minimum atomic E-state index is -0.583. The summed E-state index contributed by atoms with van der Waals surface area (Å²) in [6.07, 6.45) is 1.36. The molecule has 0 aliphatic rings. The minimum absolute atomic E-state index is 0.0218. The Labute approximate surface area is 115 Å². The summed E-state index contributed by atoms with van der Waals surface area (Å²) in [5.41, 5.74) is -0.207. The normalized spacial score (nSPS) is 12.0. The van der Waals surface area contributed by atoms with E-state index in [2.05, 4.69) is 15.2 Å². The molecule has 1 atom stereocenters. The van der Waals surface area contributed by atoms with Gasteiger partial charge in [-0.25, -0.2) is 4.68 Å². The molecule has 19 heavy (non-hydrogen) atoms. The van der Waals surface area contributed by atoms with Crippen molar-refractivity contribution < 1.29 is 14.6 Å². The van der Waals surface area contributed by atoms with Gasteiger partial charge < -0.3 is 15.2 Å². The first kappa shape index (κ1) is 15.5. The number of halogens is 1. The van der Waals surface area contributed by atoms with Crippen molar-refractivity contribution in [3.63, 3.8) is 0 Å². The van der Waals surface area contributed by atoms with Crippen molar-refractivity contribution in [2.75, 3.05) is 25.6 Å². The first-order valence-electron chi connectivity index (χ1n) is 5.66. The molecule has 0 aliphatic carbocycles. The predicted octanol–water partition coefficient (Wildman–Crippen LogP) is 0.110. The molecule has 0 amide bonds. The van der Waals surface area contributed by atoms with Crippen LogP contribution in [0.2, 0.25) is 5.02 Å². The maximum absolute atomic E-state index is 11.8. The summed E-state index contributed by atoms with van der Waals surface area (Å²) in [6, 6.07) is 0. The van der Waals surface area contributed by atoms with Gasteiger partial charge in [-0.1, -0.05) is 18.5 Å². The first-order valence-corrected chi connectivity index (χ1v) is 6.04. The van der Waals surface area contributed by atoms with Crippen LogP contribution in [0, 0.1) is 5.92 Å². The van der Waals surface area contributed by atoms with Gasteiger partial charge in [-0.3, -0.25) is 9.59 Å². The van der Waals surface area contributed by atoms with Crippen LogP contribution >= 0.6 is 11.6 Å². The molecule has 0 aliphatic heterocycles. The number of nitrogens with zero attached hydrogens (tertiary/aromatic N) is 2. The van der Waals surface area contributed by atoms with Crippen molar-refractivity contribution >= 4 is 23.3 Å². The average Bonchev–Trinajstić information content (AvgIpc) is 2.42. The number of hydrogen-bond donors (Lipinski definition) is 2. The highest BCUT2D eigenvalue weighted by Crippen LogP contribution is 2.15. The van der Waals surface area contributed by atoms with Crippen LogP contribution in [-0.2, 0) is 16.1 Å². The third kappa shape index (κ3) is 4.22. The Kier molecular flexibility index (Phi) is 5.78. The number of carbonyl (C=O) groups excluding carboxylic acids is 1. The first-order chi connectivity index (χ1) is 8.99. The highest BCUT2D eigenvalue weighted by atomic mass is 35.5. The van der Waals surface area contributed by atoms with E-state index in [9.17, 15) is 9.59 Å². The number of anilines is 1. The van der Waals surface area contributed by atoms with Crippen molar-refractivity contribution in [1.29, 1.82) is 0 Å². The lowest BCUT2D eigenvalue weighted by Gasteiger charge is -2.12. The predicted molar refractivity (Wildman–Crippen MR) is 70.3 cm³/mol. The number of aliphatic hydroxyl groups is 1. The highest BCUT2D eigenvalue weighted by molar-refractivity contribution is 6.32.